The standard InChI is InChI=1S/C30H31N7O4/c1-16(32)17-4-6-23-18(10-17)2-3-19-11-20(27(33)39)5-7-24(19)30(23,28-35-29(40)41-36-28)8-9-34-15-26(38)37-22(14-31)12-21-13-25(21)37/h4-7,10-11,21-22,25,34H,1-3,8-9,12-13,15,32H2,(H2,33,39)(H,35,36,40)/t21-,22?,25?,30?/m1/s1. The van der Waals surface area contributed by atoms with Crippen LogP contribution in [0, 0.1) is 17.2 Å². The number of carbonyl (C=O) groups is 2. The number of nitriles is 1. The molecule has 0 bridgehead atoms. The van der Waals surface area contributed by atoms with E-state index in [9.17, 15) is 19.6 Å². The van der Waals surface area contributed by atoms with Crippen molar-refractivity contribution in [3.63, 3.8) is 0 Å². The van der Waals surface area contributed by atoms with Crippen LogP contribution in [0.15, 0.2) is 52.3 Å². The van der Waals surface area contributed by atoms with Crippen molar-refractivity contribution < 1.29 is 14.1 Å². The van der Waals surface area contributed by atoms with Gasteiger partial charge in [0.25, 0.3) is 0 Å². The van der Waals surface area contributed by atoms with Crippen LogP contribution in [-0.4, -0.2) is 52.0 Å². The zero-order valence-electron chi connectivity index (χ0n) is 22.5. The molecular weight excluding hydrogens is 522 g/mol. The van der Waals surface area contributed by atoms with Crippen molar-refractivity contribution in [1.82, 2.24) is 20.4 Å². The number of hydrogen-bond donors (Lipinski definition) is 4. The molecule has 2 aliphatic carbocycles. The number of benzene rings is 2. The zero-order valence-corrected chi connectivity index (χ0v) is 22.5. The molecule has 1 aliphatic heterocycles. The molecule has 11 heteroatoms. The highest BCUT2D eigenvalue weighted by Gasteiger charge is 2.54. The van der Waals surface area contributed by atoms with Gasteiger partial charge in [-0.3, -0.25) is 19.1 Å². The molecule has 6 rings (SSSR count). The predicted octanol–water partition coefficient (Wildman–Crippen LogP) is 1.32. The Bertz CT molecular complexity index is 1600. The summed E-state index contributed by atoms with van der Waals surface area (Å²) in [6, 6.07) is 13.2. The third-order valence-corrected chi connectivity index (χ3v) is 8.79. The van der Waals surface area contributed by atoms with Gasteiger partial charge in [0, 0.05) is 17.3 Å². The Morgan fingerprint density at radius 3 is 2.44 bits per heavy atom. The first kappa shape index (κ1) is 26.5. The molecule has 1 saturated carbocycles. The minimum Gasteiger partial charge on any atom is -0.399 e. The number of piperidine rings is 1. The summed E-state index contributed by atoms with van der Waals surface area (Å²) in [4.78, 5) is 41.9. The summed E-state index contributed by atoms with van der Waals surface area (Å²) < 4.78 is 5.01. The molecular formula is C30H31N7O4. The first-order chi connectivity index (χ1) is 19.7. The Morgan fingerprint density at radius 2 is 1.83 bits per heavy atom. The highest BCUT2D eigenvalue weighted by Crippen LogP contribution is 2.48. The molecule has 2 fully saturated rings. The van der Waals surface area contributed by atoms with E-state index in [0.29, 0.717) is 48.8 Å². The van der Waals surface area contributed by atoms with Crippen LogP contribution in [0.25, 0.3) is 5.70 Å². The Hall–Kier alpha value is -4.69. The van der Waals surface area contributed by atoms with Gasteiger partial charge in [0.15, 0.2) is 5.82 Å². The lowest BCUT2D eigenvalue weighted by Crippen LogP contribution is -2.44. The van der Waals surface area contributed by atoms with Crippen molar-refractivity contribution in [3.05, 3.63) is 92.7 Å². The van der Waals surface area contributed by atoms with Crippen LogP contribution in [0.5, 0.6) is 0 Å². The molecule has 3 unspecified atom stereocenters. The van der Waals surface area contributed by atoms with Gasteiger partial charge in [-0.25, -0.2) is 4.79 Å². The lowest BCUT2D eigenvalue weighted by Gasteiger charge is -2.34. The quantitative estimate of drug-likeness (QED) is 0.301. The third kappa shape index (κ3) is 4.50. The predicted molar refractivity (Wildman–Crippen MR) is 149 cm³/mol. The summed E-state index contributed by atoms with van der Waals surface area (Å²) in [5.41, 5.74) is 15.9. The number of rotatable bonds is 8. The Labute approximate surface area is 236 Å². The van der Waals surface area contributed by atoms with Crippen LogP contribution in [0.2, 0.25) is 0 Å². The van der Waals surface area contributed by atoms with Gasteiger partial charge < -0.3 is 21.7 Å². The van der Waals surface area contributed by atoms with Gasteiger partial charge >= 0.3 is 5.76 Å². The summed E-state index contributed by atoms with van der Waals surface area (Å²) in [5, 5.41) is 16.9. The maximum atomic E-state index is 13.1. The minimum atomic E-state index is -0.988. The van der Waals surface area contributed by atoms with Gasteiger partial charge in [-0.1, -0.05) is 29.9 Å². The number of fused-ring (bicyclic) bond motifs is 3. The van der Waals surface area contributed by atoms with Crippen molar-refractivity contribution in [2.24, 2.45) is 17.4 Å². The first-order valence-corrected chi connectivity index (χ1v) is 13.7. The molecule has 3 aromatic rings. The maximum Gasteiger partial charge on any atom is 0.438 e. The highest BCUT2D eigenvalue weighted by atomic mass is 16.5. The molecule has 2 aromatic carbocycles. The number of aryl methyl sites for hydroxylation is 2. The van der Waals surface area contributed by atoms with E-state index < -0.39 is 17.1 Å². The number of amides is 2. The fourth-order valence-corrected chi connectivity index (χ4v) is 6.75. The number of carbonyl (C=O) groups excluding carboxylic acids is 2. The number of aromatic nitrogens is 2. The van der Waals surface area contributed by atoms with Crippen LogP contribution >= 0.6 is 0 Å². The minimum absolute atomic E-state index is 0.0824. The summed E-state index contributed by atoms with van der Waals surface area (Å²) in [6.45, 7) is 4.34. The second-order valence-corrected chi connectivity index (χ2v) is 11.2. The van der Waals surface area contributed by atoms with Crippen LogP contribution < -0.4 is 22.5 Å². The molecule has 6 N–H and O–H groups in total. The van der Waals surface area contributed by atoms with Crippen LogP contribution in [0.3, 0.4) is 0 Å². The van der Waals surface area contributed by atoms with Crippen LogP contribution in [-0.2, 0) is 23.1 Å². The average Bonchev–Trinajstić information content (AvgIpc) is 3.45. The fourth-order valence-electron chi connectivity index (χ4n) is 6.75. The number of H-pyrrole nitrogens is 1. The Balaban J connectivity index is 1.39. The highest BCUT2D eigenvalue weighted by molar-refractivity contribution is 5.93. The summed E-state index contributed by atoms with van der Waals surface area (Å²) in [5.74, 6) is -0.562. The second-order valence-electron chi connectivity index (χ2n) is 11.2. The summed E-state index contributed by atoms with van der Waals surface area (Å²) in [7, 11) is 0. The topological polar surface area (TPSA) is 184 Å². The number of nitrogens with one attached hydrogen (secondary N) is 2. The van der Waals surface area contributed by atoms with Gasteiger partial charge in [0.05, 0.1) is 18.0 Å². The van der Waals surface area contributed by atoms with E-state index in [1.807, 2.05) is 24.3 Å². The molecule has 210 valence electrons. The summed E-state index contributed by atoms with van der Waals surface area (Å²) in [6.07, 6.45) is 3.34. The zero-order chi connectivity index (χ0) is 28.9. The van der Waals surface area contributed by atoms with E-state index in [4.69, 9.17) is 16.0 Å². The number of nitrogens with two attached hydrogens (primary N) is 2. The number of aromatic amines is 1. The molecule has 2 heterocycles. The number of primary amides is 1. The van der Waals surface area contributed by atoms with E-state index in [2.05, 4.69) is 28.1 Å². The van der Waals surface area contributed by atoms with Gasteiger partial charge in [-0.15, -0.1) is 0 Å². The number of hydrogen-bond acceptors (Lipinski definition) is 8. The van der Waals surface area contributed by atoms with E-state index >= 15 is 0 Å². The molecule has 4 atom stereocenters. The monoisotopic (exact) mass is 553 g/mol. The molecule has 0 radical (unpaired) electrons. The van der Waals surface area contributed by atoms with Crippen molar-refractivity contribution >= 4 is 17.5 Å². The van der Waals surface area contributed by atoms with Gasteiger partial charge in [0.1, 0.15) is 6.04 Å². The molecule has 1 aromatic heterocycles. The number of nitrogens with zero attached hydrogens (tertiary/aromatic N) is 3. The normalized spacial score (nSPS) is 24.0. The number of likely N-dealkylation sites (tertiary alicyclic amines) is 1. The van der Waals surface area contributed by atoms with Crippen molar-refractivity contribution in [2.45, 2.75) is 49.6 Å². The lowest BCUT2D eigenvalue weighted by molar-refractivity contribution is -0.131. The Kier molecular flexibility index (Phi) is 6.50. The van der Waals surface area contributed by atoms with E-state index in [1.54, 1.807) is 17.0 Å². The van der Waals surface area contributed by atoms with E-state index in [0.717, 1.165) is 40.7 Å². The molecule has 41 heavy (non-hydrogen) atoms. The van der Waals surface area contributed by atoms with Gasteiger partial charge in [-0.2, -0.15) is 5.26 Å². The van der Waals surface area contributed by atoms with E-state index in [-0.39, 0.29) is 24.5 Å². The largest absolute Gasteiger partial charge is 0.438 e. The van der Waals surface area contributed by atoms with Crippen LogP contribution in [0.4, 0.5) is 0 Å². The van der Waals surface area contributed by atoms with E-state index in [1.165, 1.54) is 0 Å². The fraction of sp³-hybridized carbons (Fsp3) is 0.367. The Morgan fingerprint density at radius 1 is 1.15 bits per heavy atom. The van der Waals surface area contributed by atoms with Crippen molar-refractivity contribution in [3.8, 4) is 6.07 Å². The smallest absolute Gasteiger partial charge is 0.399 e. The van der Waals surface area contributed by atoms with Crippen molar-refractivity contribution in [2.75, 3.05) is 13.1 Å². The van der Waals surface area contributed by atoms with Gasteiger partial charge in [-0.05, 0) is 90.6 Å². The third-order valence-electron chi connectivity index (χ3n) is 8.79. The second kappa shape index (κ2) is 10.1. The SMILES string of the molecule is C=C(N)c1ccc2c(c1)CCc1cc(C(N)=O)ccc1C2(CCNCC(=O)N1C(C#N)C[C@@H]2CC21)c1noc(=O)[nH]1. The molecule has 11 nitrogen and oxygen atoms in total. The molecule has 1 saturated heterocycles. The molecule has 3 aliphatic rings. The van der Waals surface area contributed by atoms with Crippen LogP contribution in [0.1, 0.15) is 63.3 Å². The summed E-state index contributed by atoms with van der Waals surface area (Å²) >= 11 is 0. The van der Waals surface area contributed by atoms with Gasteiger partial charge in [0.2, 0.25) is 11.8 Å². The van der Waals surface area contributed by atoms with Crippen molar-refractivity contribution in [1.29, 1.82) is 5.26 Å². The molecule has 0 spiro atoms. The molecule has 2 amide bonds. The maximum absolute atomic E-state index is 13.1. The first-order valence-electron chi connectivity index (χ1n) is 13.7. The lowest BCUT2D eigenvalue weighted by atomic mass is 9.69. The average molecular weight is 554 g/mol.